The summed E-state index contributed by atoms with van der Waals surface area (Å²) in [7, 11) is 0. The van der Waals surface area contributed by atoms with Gasteiger partial charge in [-0.25, -0.2) is 5.10 Å². The number of carbonyl (C=O) groups excluding carboxylic acids is 1. The van der Waals surface area contributed by atoms with E-state index in [1.165, 1.54) is 11.3 Å². The minimum absolute atomic E-state index is 0.0187. The number of hydrogen-bond donors (Lipinski definition) is 3. The molecule has 0 bridgehead atoms. The first-order valence-electron chi connectivity index (χ1n) is 6.75. The highest BCUT2D eigenvalue weighted by Crippen LogP contribution is 2.26. The smallest absolute Gasteiger partial charge is 0.272 e. The van der Waals surface area contributed by atoms with Crippen LogP contribution in [0.5, 0.6) is 0 Å². The quantitative estimate of drug-likeness (QED) is 0.672. The molecular formula is C15H12ClN3O3S. The molecule has 3 rings (SSSR count). The largest absolute Gasteiger partial charge is 0.386 e. The number of aliphatic hydroxyl groups is 1. The second-order valence-electron chi connectivity index (χ2n) is 4.81. The van der Waals surface area contributed by atoms with Crippen LogP contribution in [0.3, 0.4) is 0 Å². The third kappa shape index (κ3) is 3.26. The summed E-state index contributed by atoms with van der Waals surface area (Å²) >= 11 is 7.07. The van der Waals surface area contributed by atoms with Crippen molar-refractivity contribution in [1.29, 1.82) is 0 Å². The fourth-order valence-electron chi connectivity index (χ4n) is 2.17. The van der Waals surface area contributed by atoms with Crippen molar-refractivity contribution < 1.29 is 9.90 Å². The SMILES string of the molecule is O=C(NC[C@H](O)c1ccc(Cl)s1)c1n[nH]c(=O)c2ccccc12. The summed E-state index contributed by atoms with van der Waals surface area (Å²) in [6.45, 7) is 0.0187. The molecule has 8 heteroatoms. The number of fused-ring (bicyclic) bond motifs is 1. The van der Waals surface area contributed by atoms with Gasteiger partial charge in [0.15, 0.2) is 5.69 Å². The molecule has 0 spiro atoms. The van der Waals surface area contributed by atoms with Crippen LogP contribution in [-0.2, 0) is 0 Å². The molecule has 3 N–H and O–H groups in total. The van der Waals surface area contributed by atoms with Crippen LogP contribution in [-0.4, -0.2) is 27.8 Å². The fourth-order valence-corrected chi connectivity index (χ4v) is 3.22. The predicted octanol–water partition coefficient (Wildman–Crippen LogP) is 2.10. The fraction of sp³-hybridized carbons (Fsp3) is 0.133. The predicted molar refractivity (Wildman–Crippen MR) is 89.0 cm³/mol. The van der Waals surface area contributed by atoms with Gasteiger partial charge >= 0.3 is 0 Å². The molecule has 23 heavy (non-hydrogen) atoms. The Labute approximate surface area is 139 Å². The maximum atomic E-state index is 12.3. The van der Waals surface area contributed by atoms with Gasteiger partial charge < -0.3 is 10.4 Å². The Bertz CT molecular complexity index is 921. The van der Waals surface area contributed by atoms with Crippen LogP contribution in [0.25, 0.3) is 10.8 Å². The molecule has 1 atom stereocenters. The molecule has 0 fully saturated rings. The number of aromatic amines is 1. The van der Waals surface area contributed by atoms with E-state index in [0.717, 1.165) is 0 Å². The van der Waals surface area contributed by atoms with E-state index in [9.17, 15) is 14.7 Å². The van der Waals surface area contributed by atoms with Crippen molar-refractivity contribution in [2.45, 2.75) is 6.10 Å². The first-order valence-corrected chi connectivity index (χ1v) is 7.94. The Hall–Kier alpha value is -2.22. The van der Waals surface area contributed by atoms with E-state index < -0.39 is 12.0 Å². The average Bonchev–Trinajstić information content (AvgIpc) is 2.99. The van der Waals surface area contributed by atoms with Gasteiger partial charge in [0.1, 0.15) is 6.10 Å². The van der Waals surface area contributed by atoms with Crippen LogP contribution in [0.1, 0.15) is 21.5 Å². The molecule has 1 aromatic carbocycles. The zero-order valence-corrected chi connectivity index (χ0v) is 13.3. The molecular weight excluding hydrogens is 338 g/mol. The standard InChI is InChI=1S/C15H12ClN3O3S/c16-12-6-5-11(23-12)10(20)7-17-15(22)13-8-3-1-2-4-9(8)14(21)19-18-13/h1-6,10,20H,7H2,(H,17,22)(H,19,21)/t10-/m0/s1. The lowest BCUT2D eigenvalue weighted by Crippen LogP contribution is -2.30. The molecule has 3 aromatic rings. The van der Waals surface area contributed by atoms with Crippen LogP contribution in [0, 0.1) is 0 Å². The molecule has 0 saturated heterocycles. The second-order valence-corrected chi connectivity index (χ2v) is 6.56. The molecule has 0 radical (unpaired) electrons. The number of nitrogens with zero attached hydrogens (tertiary/aromatic N) is 1. The minimum Gasteiger partial charge on any atom is -0.386 e. The Morgan fingerprint density at radius 2 is 2.04 bits per heavy atom. The Balaban J connectivity index is 1.79. The zero-order chi connectivity index (χ0) is 16.4. The minimum atomic E-state index is -0.856. The summed E-state index contributed by atoms with van der Waals surface area (Å²) in [5, 5.41) is 19.6. The maximum Gasteiger partial charge on any atom is 0.272 e. The van der Waals surface area contributed by atoms with Gasteiger partial charge in [0.05, 0.1) is 9.72 Å². The monoisotopic (exact) mass is 349 g/mol. The number of aromatic nitrogens is 2. The van der Waals surface area contributed by atoms with E-state index in [1.807, 2.05) is 0 Å². The second kappa shape index (κ2) is 6.49. The summed E-state index contributed by atoms with van der Waals surface area (Å²) in [5.74, 6) is -0.473. The van der Waals surface area contributed by atoms with E-state index in [-0.39, 0.29) is 17.8 Å². The molecule has 2 heterocycles. The van der Waals surface area contributed by atoms with Crippen LogP contribution < -0.4 is 10.9 Å². The molecule has 0 aliphatic heterocycles. The first kappa shape index (κ1) is 15.7. The van der Waals surface area contributed by atoms with Crippen LogP contribution in [0.2, 0.25) is 4.34 Å². The van der Waals surface area contributed by atoms with Crippen molar-refractivity contribution in [3.63, 3.8) is 0 Å². The van der Waals surface area contributed by atoms with Crippen molar-refractivity contribution in [3.8, 4) is 0 Å². The summed E-state index contributed by atoms with van der Waals surface area (Å²) in [5.41, 5.74) is -0.248. The number of nitrogens with one attached hydrogen (secondary N) is 2. The van der Waals surface area contributed by atoms with Crippen molar-refractivity contribution in [2.75, 3.05) is 6.54 Å². The van der Waals surface area contributed by atoms with Crippen LogP contribution in [0.4, 0.5) is 0 Å². The Morgan fingerprint density at radius 3 is 2.74 bits per heavy atom. The summed E-state index contributed by atoms with van der Waals surface area (Å²) in [6.07, 6.45) is -0.856. The van der Waals surface area contributed by atoms with Gasteiger partial charge in [0.25, 0.3) is 11.5 Å². The van der Waals surface area contributed by atoms with E-state index in [1.54, 1.807) is 36.4 Å². The number of rotatable bonds is 4. The van der Waals surface area contributed by atoms with Gasteiger partial charge in [0.2, 0.25) is 0 Å². The van der Waals surface area contributed by atoms with Crippen LogP contribution >= 0.6 is 22.9 Å². The number of amides is 1. The third-order valence-electron chi connectivity index (χ3n) is 3.29. The van der Waals surface area contributed by atoms with Crippen molar-refractivity contribution in [2.24, 2.45) is 0 Å². The van der Waals surface area contributed by atoms with Gasteiger partial charge in [-0.3, -0.25) is 9.59 Å². The number of halogens is 1. The number of aliphatic hydroxyl groups excluding tert-OH is 1. The van der Waals surface area contributed by atoms with E-state index in [0.29, 0.717) is 20.0 Å². The molecule has 1 amide bonds. The molecule has 0 unspecified atom stereocenters. The first-order chi connectivity index (χ1) is 11.1. The van der Waals surface area contributed by atoms with Gasteiger partial charge in [-0.1, -0.05) is 29.8 Å². The van der Waals surface area contributed by atoms with E-state index >= 15 is 0 Å². The Kier molecular flexibility index (Phi) is 4.42. The highest BCUT2D eigenvalue weighted by atomic mass is 35.5. The molecule has 0 aliphatic carbocycles. The molecule has 6 nitrogen and oxygen atoms in total. The lowest BCUT2D eigenvalue weighted by molar-refractivity contribution is 0.0914. The molecule has 0 aliphatic rings. The van der Waals surface area contributed by atoms with Crippen LogP contribution in [0.15, 0.2) is 41.2 Å². The van der Waals surface area contributed by atoms with Crippen molar-refractivity contribution in [1.82, 2.24) is 15.5 Å². The summed E-state index contributed by atoms with van der Waals surface area (Å²) < 4.78 is 0.568. The number of carbonyl (C=O) groups is 1. The highest BCUT2D eigenvalue weighted by Gasteiger charge is 2.16. The number of hydrogen-bond acceptors (Lipinski definition) is 5. The van der Waals surface area contributed by atoms with Crippen molar-refractivity contribution in [3.05, 3.63) is 61.7 Å². The number of H-pyrrole nitrogens is 1. The topological polar surface area (TPSA) is 95.1 Å². The highest BCUT2D eigenvalue weighted by molar-refractivity contribution is 7.16. The van der Waals surface area contributed by atoms with E-state index in [4.69, 9.17) is 11.6 Å². The third-order valence-corrected chi connectivity index (χ3v) is 4.62. The van der Waals surface area contributed by atoms with Gasteiger partial charge in [-0.15, -0.1) is 11.3 Å². The average molecular weight is 350 g/mol. The van der Waals surface area contributed by atoms with Gasteiger partial charge in [0, 0.05) is 16.8 Å². The lowest BCUT2D eigenvalue weighted by Gasteiger charge is -2.10. The number of thiophene rings is 1. The summed E-state index contributed by atoms with van der Waals surface area (Å²) in [6, 6.07) is 10.1. The Morgan fingerprint density at radius 1 is 1.30 bits per heavy atom. The van der Waals surface area contributed by atoms with Gasteiger partial charge in [-0.2, -0.15) is 5.10 Å². The normalized spacial score (nSPS) is 12.3. The summed E-state index contributed by atoms with van der Waals surface area (Å²) in [4.78, 5) is 24.6. The molecule has 2 aromatic heterocycles. The molecule has 118 valence electrons. The zero-order valence-electron chi connectivity index (χ0n) is 11.7. The van der Waals surface area contributed by atoms with E-state index in [2.05, 4.69) is 15.5 Å². The molecule has 0 saturated carbocycles. The number of benzene rings is 1. The van der Waals surface area contributed by atoms with Crippen molar-refractivity contribution >= 4 is 39.6 Å². The maximum absolute atomic E-state index is 12.3. The lowest BCUT2D eigenvalue weighted by atomic mass is 10.1. The van der Waals surface area contributed by atoms with Gasteiger partial charge in [-0.05, 0) is 18.2 Å².